The van der Waals surface area contributed by atoms with Crippen LogP contribution in [0, 0.1) is 6.92 Å². The number of hydrogen-bond donors (Lipinski definition) is 0. The van der Waals surface area contributed by atoms with Gasteiger partial charge in [-0.05, 0) is 24.5 Å². The second kappa shape index (κ2) is 5.54. The lowest BCUT2D eigenvalue weighted by atomic mass is 10.0. The maximum Gasteiger partial charge on any atom is 0.309 e. The van der Waals surface area contributed by atoms with Crippen LogP contribution in [0.1, 0.15) is 30.0 Å². The van der Waals surface area contributed by atoms with Crippen LogP contribution >= 0.6 is 0 Å². The minimum absolute atomic E-state index is 0.178. The minimum Gasteiger partial charge on any atom is -0.469 e. The number of carbonyl (C=O) groups is 1. The lowest BCUT2D eigenvalue weighted by Gasteiger charge is -2.06. The van der Waals surface area contributed by atoms with Gasteiger partial charge in [0.15, 0.2) is 0 Å². The lowest BCUT2D eigenvalue weighted by Crippen LogP contribution is -2.05. The molecule has 0 aliphatic rings. The van der Waals surface area contributed by atoms with Gasteiger partial charge in [0.1, 0.15) is 0 Å². The third-order valence-corrected chi connectivity index (χ3v) is 2.31. The van der Waals surface area contributed by atoms with Crippen LogP contribution in [0.3, 0.4) is 0 Å². The maximum absolute atomic E-state index is 11.1. The molecule has 1 aromatic carbocycles. The van der Waals surface area contributed by atoms with Crippen LogP contribution in [0.5, 0.6) is 0 Å². The Morgan fingerprint density at radius 3 is 2.53 bits per heavy atom. The molecule has 2 nitrogen and oxygen atoms in total. The van der Waals surface area contributed by atoms with Gasteiger partial charge in [-0.25, -0.2) is 0 Å². The van der Waals surface area contributed by atoms with Crippen molar-refractivity contribution in [2.45, 2.75) is 33.1 Å². The molecule has 1 aromatic rings. The van der Waals surface area contributed by atoms with Crippen LogP contribution < -0.4 is 0 Å². The predicted molar refractivity (Wildman–Crippen MR) is 60.9 cm³/mol. The monoisotopic (exact) mass is 206 g/mol. The number of esters is 1. The Hall–Kier alpha value is -1.31. The first-order chi connectivity index (χ1) is 7.15. The van der Waals surface area contributed by atoms with Gasteiger partial charge in [-0.3, -0.25) is 4.79 Å². The molecule has 0 saturated carbocycles. The molecule has 0 N–H and O–H groups in total. The third kappa shape index (κ3) is 3.74. The normalized spacial score (nSPS) is 10.1. The van der Waals surface area contributed by atoms with Crippen molar-refractivity contribution < 1.29 is 9.53 Å². The summed E-state index contributed by atoms with van der Waals surface area (Å²) < 4.78 is 4.65. The molecule has 0 bridgehead atoms. The van der Waals surface area contributed by atoms with E-state index in [1.165, 1.54) is 18.2 Å². The quantitative estimate of drug-likeness (QED) is 0.708. The zero-order valence-electron chi connectivity index (χ0n) is 9.67. The van der Waals surface area contributed by atoms with Crippen molar-refractivity contribution in [2.24, 2.45) is 0 Å². The first-order valence-electron chi connectivity index (χ1n) is 5.32. The Bertz CT molecular complexity index is 342. The molecule has 15 heavy (non-hydrogen) atoms. The number of methoxy groups -OCH3 is 1. The zero-order valence-corrected chi connectivity index (χ0v) is 9.67. The largest absolute Gasteiger partial charge is 0.469 e. The molecule has 0 fully saturated rings. The van der Waals surface area contributed by atoms with Crippen molar-refractivity contribution in [1.29, 1.82) is 0 Å². The van der Waals surface area contributed by atoms with Gasteiger partial charge in [0.2, 0.25) is 0 Å². The highest BCUT2D eigenvalue weighted by Gasteiger charge is 2.04. The Morgan fingerprint density at radius 1 is 1.27 bits per heavy atom. The van der Waals surface area contributed by atoms with Gasteiger partial charge in [0.05, 0.1) is 13.5 Å². The van der Waals surface area contributed by atoms with Crippen molar-refractivity contribution in [3.05, 3.63) is 34.9 Å². The van der Waals surface area contributed by atoms with E-state index in [0.29, 0.717) is 6.42 Å². The molecule has 0 unspecified atom stereocenters. The second-order valence-corrected chi connectivity index (χ2v) is 3.83. The molecule has 0 aliphatic carbocycles. The summed E-state index contributed by atoms with van der Waals surface area (Å²) in [5, 5.41) is 0. The van der Waals surface area contributed by atoms with E-state index < -0.39 is 0 Å². The Kier molecular flexibility index (Phi) is 4.35. The van der Waals surface area contributed by atoms with Crippen LogP contribution in [0.4, 0.5) is 0 Å². The van der Waals surface area contributed by atoms with Gasteiger partial charge in [-0.1, -0.05) is 37.1 Å². The molecule has 2 heteroatoms. The summed E-state index contributed by atoms with van der Waals surface area (Å²) in [4.78, 5) is 11.1. The van der Waals surface area contributed by atoms with Crippen LogP contribution in [0.2, 0.25) is 0 Å². The molecular weight excluding hydrogens is 188 g/mol. The standard InChI is InChI=1S/C13H18O2/c1-4-5-11-6-10(2)7-12(8-11)9-13(14)15-3/h6-8H,4-5,9H2,1-3H3. The minimum atomic E-state index is -0.178. The van der Waals surface area contributed by atoms with Crippen molar-refractivity contribution in [1.82, 2.24) is 0 Å². The number of ether oxygens (including phenoxy) is 1. The number of carbonyl (C=O) groups excluding carboxylic acids is 1. The summed E-state index contributed by atoms with van der Waals surface area (Å²) in [5.74, 6) is -0.178. The van der Waals surface area contributed by atoms with Crippen LogP contribution in [-0.4, -0.2) is 13.1 Å². The summed E-state index contributed by atoms with van der Waals surface area (Å²) >= 11 is 0. The average Bonchev–Trinajstić information content (AvgIpc) is 2.17. The van der Waals surface area contributed by atoms with Gasteiger partial charge >= 0.3 is 5.97 Å². The summed E-state index contributed by atoms with van der Waals surface area (Å²) in [7, 11) is 1.42. The maximum atomic E-state index is 11.1. The highest BCUT2D eigenvalue weighted by Crippen LogP contribution is 2.12. The molecule has 0 aromatic heterocycles. The fraction of sp³-hybridized carbons (Fsp3) is 0.462. The molecule has 0 saturated heterocycles. The van der Waals surface area contributed by atoms with E-state index in [2.05, 4.69) is 30.7 Å². The summed E-state index contributed by atoms with van der Waals surface area (Å²) in [6, 6.07) is 6.30. The van der Waals surface area contributed by atoms with Crippen molar-refractivity contribution in [2.75, 3.05) is 7.11 Å². The summed E-state index contributed by atoms with van der Waals surface area (Å²) in [5.41, 5.74) is 3.56. The van der Waals surface area contributed by atoms with Crippen LogP contribution in [0.15, 0.2) is 18.2 Å². The fourth-order valence-corrected chi connectivity index (χ4v) is 1.72. The number of aryl methyl sites for hydroxylation is 2. The molecule has 1 rings (SSSR count). The molecule has 82 valence electrons. The first-order valence-corrected chi connectivity index (χ1v) is 5.32. The molecule has 0 amide bonds. The highest BCUT2D eigenvalue weighted by atomic mass is 16.5. The second-order valence-electron chi connectivity index (χ2n) is 3.83. The van der Waals surface area contributed by atoms with Crippen LogP contribution in [0.25, 0.3) is 0 Å². The van der Waals surface area contributed by atoms with E-state index in [1.807, 2.05) is 6.07 Å². The van der Waals surface area contributed by atoms with Gasteiger partial charge < -0.3 is 4.74 Å². The van der Waals surface area contributed by atoms with E-state index in [9.17, 15) is 4.79 Å². The molecule has 0 radical (unpaired) electrons. The molecule has 0 spiro atoms. The van der Waals surface area contributed by atoms with Crippen molar-refractivity contribution >= 4 is 5.97 Å². The summed E-state index contributed by atoms with van der Waals surface area (Å²) in [6.07, 6.45) is 2.56. The molecule has 0 atom stereocenters. The van der Waals surface area contributed by atoms with E-state index in [4.69, 9.17) is 0 Å². The zero-order chi connectivity index (χ0) is 11.3. The smallest absolute Gasteiger partial charge is 0.309 e. The van der Waals surface area contributed by atoms with E-state index >= 15 is 0 Å². The Balaban J connectivity index is 2.83. The van der Waals surface area contributed by atoms with Crippen molar-refractivity contribution in [3.63, 3.8) is 0 Å². The van der Waals surface area contributed by atoms with E-state index in [1.54, 1.807) is 0 Å². The van der Waals surface area contributed by atoms with E-state index in [-0.39, 0.29) is 5.97 Å². The lowest BCUT2D eigenvalue weighted by molar-refractivity contribution is -0.139. The number of rotatable bonds is 4. The molecule has 0 aliphatic heterocycles. The Labute approximate surface area is 91.3 Å². The van der Waals surface area contributed by atoms with E-state index in [0.717, 1.165) is 18.4 Å². The van der Waals surface area contributed by atoms with Gasteiger partial charge in [0.25, 0.3) is 0 Å². The third-order valence-electron chi connectivity index (χ3n) is 2.31. The topological polar surface area (TPSA) is 26.3 Å². The van der Waals surface area contributed by atoms with Gasteiger partial charge in [-0.2, -0.15) is 0 Å². The Morgan fingerprint density at radius 2 is 1.93 bits per heavy atom. The number of hydrogen-bond acceptors (Lipinski definition) is 2. The number of benzene rings is 1. The van der Waals surface area contributed by atoms with Crippen molar-refractivity contribution in [3.8, 4) is 0 Å². The van der Waals surface area contributed by atoms with Crippen LogP contribution in [-0.2, 0) is 22.4 Å². The first kappa shape index (κ1) is 11.8. The van der Waals surface area contributed by atoms with Gasteiger partial charge in [-0.15, -0.1) is 0 Å². The summed E-state index contributed by atoms with van der Waals surface area (Å²) in [6.45, 7) is 4.21. The average molecular weight is 206 g/mol. The molecule has 0 heterocycles. The predicted octanol–water partition coefficient (Wildman–Crippen LogP) is 2.66. The fourth-order valence-electron chi connectivity index (χ4n) is 1.72. The molecular formula is C13H18O2. The van der Waals surface area contributed by atoms with Gasteiger partial charge in [0, 0.05) is 0 Å². The SMILES string of the molecule is CCCc1cc(C)cc(CC(=O)OC)c1. The highest BCUT2D eigenvalue weighted by molar-refractivity contribution is 5.72.